The minimum Gasteiger partial charge on any atom is -0.493 e. The smallest absolute Gasteiger partial charge is 0.255 e. The summed E-state index contributed by atoms with van der Waals surface area (Å²) in [4.78, 5) is 12.9. The SMILES string of the molecule is COc1cc(CNCCN(C)C)cc(Br)c1OCC(N)=O. The van der Waals surface area contributed by atoms with Crippen molar-refractivity contribution in [3.63, 3.8) is 0 Å². The number of rotatable bonds is 9. The molecule has 0 heterocycles. The number of nitrogens with two attached hydrogens (primary N) is 1. The van der Waals surface area contributed by atoms with E-state index in [1.54, 1.807) is 7.11 Å². The molecule has 1 amide bonds. The minimum atomic E-state index is -0.529. The maximum absolute atomic E-state index is 10.8. The second kappa shape index (κ2) is 8.86. The Morgan fingerprint density at radius 3 is 2.71 bits per heavy atom. The van der Waals surface area contributed by atoms with Gasteiger partial charge in [0.1, 0.15) is 0 Å². The van der Waals surface area contributed by atoms with Crippen molar-refractivity contribution in [2.75, 3.05) is 40.9 Å². The summed E-state index contributed by atoms with van der Waals surface area (Å²) < 4.78 is 11.4. The number of amides is 1. The molecule has 6 nitrogen and oxygen atoms in total. The number of likely N-dealkylation sites (N-methyl/N-ethyl adjacent to an activating group) is 1. The van der Waals surface area contributed by atoms with Crippen LogP contribution in [-0.4, -0.2) is 51.7 Å². The number of benzene rings is 1. The molecule has 0 fully saturated rings. The summed E-state index contributed by atoms with van der Waals surface area (Å²) in [5.41, 5.74) is 6.14. The summed E-state index contributed by atoms with van der Waals surface area (Å²) in [5.74, 6) is 0.516. The Morgan fingerprint density at radius 2 is 2.14 bits per heavy atom. The number of hydrogen-bond acceptors (Lipinski definition) is 5. The van der Waals surface area contributed by atoms with Crippen molar-refractivity contribution in [1.82, 2.24) is 10.2 Å². The van der Waals surface area contributed by atoms with E-state index in [1.165, 1.54) is 0 Å². The molecule has 1 aromatic rings. The molecule has 1 rings (SSSR count). The summed E-state index contributed by atoms with van der Waals surface area (Å²) in [6, 6.07) is 3.81. The Labute approximate surface area is 133 Å². The molecule has 0 radical (unpaired) electrons. The number of primary amides is 1. The minimum absolute atomic E-state index is 0.185. The molecule has 0 aromatic heterocycles. The quantitative estimate of drug-likeness (QED) is 0.642. The van der Waals surface area contributed by atoms with Crippen LogP contribution < -0.4 is 20.5 Å². The van der Waals surface area contributed by atoms with Gasteiger partial charge in [-0.1, -0.05) is 0 Å². The average Bonchev–Trinajstić information content (AvgIpc) is 2.41. The molecule has 0 spiro atoms. The van der Waals surface area contributed by atoms with Crippen molar-refractivity contribution in [2.24, 2.45) is 5.73 Å². The van der Waals surface area contributed by atoms with Gasteiger partial charge in [-0.3, -0.25) is 4.79 Å². The largest absolute Gasteiger partial charge is 0.493 e. The highest BCUT2D eigenvalue weighted by Crippen LogP contribution is 2.36. The Balaban J connectivity index is 2.71. The van der Waals surface area contributed by atoms with Gasteiger partial charge in [-0.25, -0.2) is 0 Å². The second-order valence-corrected chi connectivity index (χ2v) is 5.70. The van der Waals surface area contributed by atoms with Crippen LogP contribution in [0.25, 0.3) is 0 Å². The van der Waals surface area contributed by atoms with Gasteiger partial charge in [0.15, 0.2) is 18.1 Å². The molecule has 0 aliphatic heterocycles. The average molecular weight is 360 g/mol. The van der Waals surface area contributed by atoms with E-state index in [4.69, 9.17) is 15.2 Å². The van der Waals surface area contributed by atoms with Gasteiger partial charge < -0.3 is 25.4 Å². The number of carbonyl (C=O) groups excluding carboxylic acids is 1. The molecule has 0 bridgehead atoms. The number of halogens is 1. The van der Waals surface area contributed by atoms with Gasteiger partial charge in [-0.05, 0) is 47.7 Å². The molecular formula is C14H22BrN3O3. The van der Waals surface area contributed by atoms with Crippen LogP contribution in [0.1, 0.15) is 5.56 Å². The monoisotopic (exact) mass is 359 g/mol. The lowest BCUT2D eigenvalue weighted by Gasteiger charge is -2.14. The fraction of sp³-hybridized carbons (Fsp3) is 0.500. The lowest BCUT2D eigenvalue weighted by molar-refractivity contribution is -0.119. The van der Waals surface area contributed by atoms with Crippen LogP contribution in [0, 0.1) is 0 Å². The zero-order chi connectivity index (χ0) is 15.8. The Kier molecular flexibility index (Phi) is 7.49. The molecule has 0 saturated heterocycles. The zero-order valence-corrected chi connectivity index (χ0v) is 14.2. The highest BCUT2D eigenvalue weighted by Gasteiger charge is 2.12. The van der Waals surface area contributed by atoms with Gasteiger partial charge in [0.25, 0.3) is 5.91 Å². The predicted molar refractivity (Wildman–Crippen MR) is 85.6 cm³/mol. The van der Waals surface area contributed by atoms with Crippen LogP contribution in [0.2, 0.25) is 0 Å². The maximum atomic E-state index is 10.8. The molecule has 0 atom stereocenters. The maximum Gasteiger partial charge on any atom is 0.255 e. The van der Waals surface area contributed by atoms with Crippen LogP contribution in [0.4, 0.5) is 0 Å². The Bertz CT molecular complexity index is 481. The second-order valence-electron chi connectivity index (χ2n) is 4.84. The first-order valence-corrected chi connectivity index (χ1v) is 7.36. The molecule has 0 aliphatic rings. The van der Waals surface area contributed by atoms with E-state index in [0.29, 0.717) is 11.5 Å². The van der Waals surface area contributed by atoms with Gasteiger partial charge in [0.2, 0.25) is 0 Å². The highest BCUT2D eigenvalue weighted by molar-refractivity contribution is 9.10. The van der Waals surface area contributed by atoms with E-state index in [1.807, 2.05) is 26.2 Å². The molecule has 1 aromatic carbocycles. The van der Waals surface area contributed by atoms with Gasteiger partial charge in [0, 0.05) is 19.6 Å². The topological polar surface area (TPSA) is 76.8 Å². The zero-order valence-electron chi connectivity index (χ0n) is 12.6. The van der Waals surface area contributed by atoms with Crippen molar-refractivity contribution < 1.29 is 14.3 Å². The predicted octanol–water partition coefficient (Wildman–Crippen LogP) is 0.973. The first-order valence-electron chi connectivity index (χ1n) is 6.57. The summed E-state index contributed by atoms with van der Waals surface area (Å²) in [5, 5.41) is 3.35. The number of hydrogen-bond donors (Lipinski definition) is 2. The van der Waals surface area contributed by atoms with Crippen LogP contribution in [-0.2, 0) is 11.3 Å². The van der Waals surface area contributed by atoms with E-state index >= 15 is 0 Å². The van der Waals surface area contributed by atoms with E-state index < -0.39 is 5.91 Å². The highest BCUT2D eigenvalue weighted by atomic mass is 79.9. The number of nitrogens with zero attached hydrogens (tertiary/aromatic N) is 1. The van der Waals surface area contributed by atoms with E-state index in [9.17, 15) is 4.79 Å². The molecular weight excluding hydrogens is 338 g/mol. The standard InChI is InChI=1S/C14H22BrN3O3/c1-18(2)5-4-17-8-10-6-11(15)14(12(7-10)20-3)21-9-13(16)19/h6-7,17H,4-5,8-9H2,1-3H3,(H2,16,19). The number of carbonyl (C=O) groups is 1. The fourth-order valence-corrected chi connectivity index (χ4v) is 2.30. The van der Waals surface area contributed by atoms with Crippen molar-refractivity contribution >= 4 is 21.8 Å². The van der Waals surface area contributed by atoms with Crippen LogP contribution in [0.15, 0.2) is 16.6 Å². The molecule has 3 N–H and O–H groups in total. The lowest BCUT2D eigenvalue weighted by Crippen LogP contribution is -2.26. The van der Waals surface area contributed by atoms with Crippen molar-refractivity contribution in [3.8, 4) is 11.5 Å². The Hall–Kier alpha value is -1.31. The number of methoxy groups -OCH3 is 1. The molecule has 0 unspecified atom stereocenters. The summed E-state index contributed by atoms with van der Waals surface area (Å²) in [7, 11) is 5.63. The van der Waals surface area contributed by atoms with E-state index in [-0.39, 0.29) is 6.61 Å². The normalized spacial score (nSPS) is 10.7. The van der Waals surface area contributed by atoms with Crippen molar-refractivity contribution in [3.05, 3.63) is 22.2 Å². The van der Waals surface area contributed by atoms with Crippen molar-refractivity contribution in [2.45, 2.75) is 6.54 Å². The third-order valence-corrected chi connectivity index (χ3v) is 3.30. The lowest BCUT2D eigenvalue weighted by atomic mass is 10.2. The fourth-order valence-electron chi connectivity index (χ4n) is 1.69. The molecule has 7 heteroatoms. The third kappa shape index (κ3) is 6.33. The molecule has 118 valence electrons. The molecule has 21 heavy (non-hydrogen) atoms. The van der Waals surface area contributed by atoms with E-state index in [2.05, 4.69) is 26.1 Å². The van der Waals surface area contributed by atoms with Gasteiger partial charge >= 0.3 is 0 Å². The first kappa shape index (κ1) is 17.7. The molecule has 0 saturated carbocycles. The van der Waals surface area contributed by atoms with Gasteiger partial charge in [-0.15, -0.1) is 0 Å². The Morgan fingerprint density at radius 1 is 1.43 bits per heavy atom. The van der Waals surface area contributed by atoms with Crippen LogP contribution >= 0.6 is 15.9 Å². The molecule has 0 aliphatic carbocycles. The van der Waals surface area contributed by atoms with Crippen LogP contribution in [0.5, 0.6) is 11.5 Å². The first-order chi connectivity index (χ1) is 9.93. The number of nitrogens with one attached hydrogen (secondary N) is 1. The van der Waals surface area contributed by atoms with Gasteiger partial charge in [-0.2, -0.15) is 0 Å². The summed E-state index contributed by atoms with van der Waals surface area (Å²) >= 11 is 3.43. The number of ether oxygens (including phenoxy) is 2. The van der Waals surface area contributed by atoms with Gasteiger partial charge in [0.05, 0.1) is 11.6 Å². The van der Waals surface area contributed by atoms with Crippen LogP contribution in [0.3, 0.4) is 0 Å². The summed E-state index contributed by atoms with van der Waals surface area (Å²) in [6.45, 7) is 2.40. The third-order valence-electron chi connectivity index (χ3n) is 2.71. The van der Waals surface area contributed by atoms with E-state index in [0.717, 1.165) is 29.7 Å². The summed E-state index contributed by atoms with van der Waals surface area (Å²) in [6.07, 6.45) is 0. The van der Waals surface area contributed by atoms with Crippen molar-refractivity contribution in [1.29, 1.82) is 0 Å².